The molecular formula is C13H15BrN2O2S. The van der Waals surface area contributed by atoms with Crippen LogP contribution in [0.2, 0.25) is 0 Å². The minimum Gasteiger partial charge on any atom is -0.236 e. The zero-order chi connectivity index (χ0) is 14.2. The second-order valence-corrected chi connectivity index (χ2v) is 7.14. The molecule has 0 saturated heterocycles. The SMILES string of the molecule is CC=C(C)S(=O)(=O)n1cc(CC)c2cc(Br)cnc21. The summed E-state index contributed by atoms with van der Waals surface area (Å²) >= 11 is 3.37. The van der Waals surface area contributed by atoms with Gasteiger partial charge in [0, 0.05) is 22.3 Å². The fourth-order valence-electron chi connectivity index (χ4n) is 1.89. The summed E-state index contributed by atoms with van der Waals surface area (Å²) in [6, 6.07) is 1.90. The first kappa shape index (κ1) is 14.3. The molecule has 6 heteroatoms. The van der Waals surface area contributed by atoms with E-state index in [1.807, 2.05) is 13.0 Å². The van der Waals surface area contributed by atoms with E-state index >= 15 is 0 Å². The Balaban J connectivity index is 2.83. The second-order valence-electron chi connectivity index (χ2n) is 4.23. The van der Waals surface area contributed by atoms with E-state index in [0.29, 0.717) is 10.6 Å². The van der Waals surface area contributed by atoms with E-state index in [4.69, 9.17) is 0 Å². The average Bonchev–Trinajstić information content (AvgIpc) is 2.76. The van der Waals surface area contributed by atoms with Gasteiger partial charge in [0.2, 0.25) is 0 Å². The molecule has 2 aromatic rings. The topological polar surface area (TPSA) is 52.0 Å². The maximum Gasteiger partial charge on any atom is 0.264 e. The van der Waals surface area contributed by atoms with Gasteiger partial charge in [-0.1, -0.05) is 13.0 Å². The lowest BCUT2D eigenvalue weighted by atomic mass is 10.2. The largest absolute Gasteiger partial charge is 0.264 e. The first-order valence-corrected chi connectivity index (χ1v) is 8.19. The lowest BCUT2D eigenvalue weighted by Crippen LogP contribution is -2.12. The van der Waals surface area contributed by atoms with Crippen molar-refractivity contribution >= 4 is 37.0 Å². The Morgan fingerprint density at radius 2 is 2.21 bits per heavy atom. The number of pyridine rings is 1. The standard InChI is InChI=1S/C13H15BrN2O2S/c1-4-9(3)19(17,18)16-8-10(5-2)12-6-11(14)7-15-13(12)16/h4,6-8H,5H2,1-3H3. The van der Waals surface area contributed by atoms with Gasteiger partial charge in [-0.3, -0.25) is 0 Å². The maximum atomic E-state index is 12.4. The van der Waals surface area contributed by atoms with Gasteiger partial charge in [-0.25, -0.2) is 17.4 Å². The van der Waals surface area contributed by atoms with Gasteiger partial charge in [0.15, 0.2) is 5.65 Å². The van der Waals surface area contributed by atoms with Crippen LogP contribution in [0.25, 0.3) is 11.0 Å². The lowest BCUT2D eigenvalue weighted by Gasteiger charge is -2.06. The Morgan fingerprint density at radius 3 is 2.79 bits per heavy atom. The van der Waals surface area contributed by atoms with Gasteiger partial charge >= 0.3 is 0 Å². The Labute approximate surface area is 121 Å². The van der Waals surface area contributed by atoms with Crippen LogP contribution in [0.5, 0.6) is 0 Å². The van der Waals surface area contributed by atoms with E-state index in [0.717, 1.165) is 21.8 Å². The third-order valence-electron chi connectivity index (χ3n) is 3.11. The summed E-state index contributed by atoms with van der Waals surface area (Å²) in [6.07, 6.45) is 5.61. The normalized spacial score (nSPS) is 13.2. The van der Waals surface area contributed by atoms with Crippen LogP contribution >= 0.6 is 15.9 Å². The van der Waals surface area contributed by atoms with E-state index in [2.05, 4.69) is 20.9 Å². The molecule has 0 N–H and O–H groups in total. The number of aryl methyl sites for hydroxylation is 1. The predicted molar refractivity (Wildman–Crippen MR) is 80.6 cm³/mol. The molecule has 19 heavy (non-hydrogen) atoms. The van der Waals surface area contributed by atoms with Gasteiger partial charge in [0.1, 0.15) is 0 Å². The summed E-state index contributed by atoms with van der Waals surface area (Å²) in [5, 5.41) is 0.865. The van der Waals surface area contributed by atoms with E-state index in [9.17, 15) is 8.42 Å². The molecule has 4 nitrogen and oxygen atoms in total. The van der Waals surface area contributed by atoms with Crippen LogP contribution in [0.1, 0.15) is 26.3 Å². The van der Waals surface area contributed by atoms with Crippen LogP contribution in [0.4, 0.5) is 0 Å². The van der Waals surface area contributed by atoms with Crippen molar-refractivity contribution in [2.24, 2.45) is 0 Å². The molecule has 0 aliphatic rings. The summed E-state index contributed by atoms with van der Waals surface area (Å²) in [4.78, 5) is 4.56. The molecule has 0 atom stereocenters. The Morgan fingerprint density at radius 1 is 1.53 bits per heavy atom. The van der Waals surface area contributed by atoms with Crippen LogP contribution in [0.15, 0.2) is 33.9 Å². The Hall–Kier alpha value is -1.14. The summed E-state index contributed by atoms with van der Waals surface area (Å²) in [6.45, 7) is 5.30. The highest BCUT2D eigenvalue weighted by atomic mass is 79.9. The van der Waals surface area contributed by atoms with E-state index in [-0.39, 0.29) is 0 Å². The number of allylic oxidation sites excluding steroid dienone is 2. The van der Waals surface area contributed by atoms with Gasteiger partial charge < -0.3 is 0 Å². The Kier molecular flexibility index (Phi) is 3.82. The number of nitrogens with zero attached hydrogens (tertiary/aromatic N) is 2. The quantitative estimate of drug-likeness (QED) is 0.858. The van der Waals surface area contributed by atoms with Crippen molar-refractivity contribution in [2.75, 3.05) is 0 Å². The molecule has 0 spiro atoms. The van der Waals surface area contributed by atoms with Crippen molar-refractivity contribution in [3.63, 3.8) is 0 Å². The summed E-state index contributed by atoms with van der Waals surface area (Å²) in [5.41, 5.74) is 1.44. The molecule has 0 bridgehead atoms. The fourth-order valence-corrected chi connectivity index (χ4v) is 3.46. The van der Waals surface area contributed by atoms with Crippen LogP contribution in [-0.4, -0.2) is 17.4 Å². The number of hydrogen-bond acceptors (Lipinski definition) is 3. The molecule has 0 unspecified atom stereocenters. The van der Waals surface area contributed by atoms with E-state index in [1.54, 1.807) is 32.3 Å². The molecule has 2 rings (SSSR count). The summed E-state index contributed by atoms with van der Waals surface area (Å²) in [7, 11) is -3.52. The van der Waals surface area contributed by atoms with Gasteiger partial charge in [0.25, 0.3) is 10.0 Å². The van der Waals surface area contributed by atoms with Crippen molar-refractivity contribution in [2.45, 2.75) is 27.2 Å². The summed E-state index contributed by atoms with van der Waals surface area (Å²) in [5.74, 6) is 0. The molecule has 2 heterocycles. The minimum atomic E-state index is -3.52. The highest BCUT2D eigenvalue weighted by molar-refractivity contribution is 9.10. The number of hydrogen-bond donors (Lipinski definition) is 0. The maximum absolute atomic E-state index is 12.4. The van der Waals surface area contributed by atoms with Gasteiger partial charge in [-0.2, -0.15) is 0 Å². The number of aromatic nitrogens is 2. The predicted octanol–water partition coefficient (Wildman–Crippen LogP) is 3.46. The molecule has 0 amide bonds. The van der Waals surface area contributed by atoms with Gasteiger partial charge in [0.05, 0.1) is 4.91 Å². The number of fused-ring (bicyclic) bond motifs is 1. The zero-order valence-corrected chi connectivity index (χ0v) is 13.4. The first-order valence-electron chi connectivity index (χ1n) is 5.95. The van der Waals surface area contributed by atoms with Crippen LogP contribution in [-0.2, 0) is 16.4 Å². The Bertz CT molecular complexity index is 760. The van der Waals surface area contributed by atoms with Crippen molar-refractivity contribution in [3.05, 3.63) is 39.5 Å². The molecule has 0 aromatic carbocycles. The van der Waals surface area contributed by atoms with E-state index < -0.39 is 10.0 Å². The van der Waals surface area contributed by atoms with Crippen molar-refractivity contribution in [1.29, 1.82) is 0 Å². The first-order chi connectivity index (χ1) is 8.91. The van der Waals surface area contributed by atoms with Gasteiger partial charge in [-0.15, -0.1) is 0 Å². The highest BCUT2D eigenvalue weighted by Crippen LogP contribution is 2.26. The van der Waals surface area contributed by atoms with Crippen molar-refractivity contribution in [1.82, 2.24) is 8.96 Å². The minimum absolute atomic E-state index is 0.316. The molecule has 0 aliphatic heterocycles. The second kappa shape index (κ2) is 5.09. The molecule has 0 radical (unpaired) electrons. The molecule has 0 aliphatic carbocycles. The van der Waals surface area contributed by atoms with Crippen molar-refractivity contribution in [3.8, 4) is 0 Å². The number of halogens is 1. The smallest absolute Gasteiger partial charge is 0.236 e. The monoisotopic (exact) mass is 342 g/mol. The third-order valence-corrected chi connectivity index (χ3v) is 5.39. The number of rotatable bonds is 3. The van der Waals surface area contributed by atoms with Crippen molar-refractivity contribution < 1.29 is 8.42 Å². The molecule has 0 fully saturated rings. The molecule has 102 valence electrons. The fraction of sp³-hybridized carbons (Fsp3) is 0.308. The molecule has 2 aromatic heterocycles. The van der Waals surface area contributed by atoms with Crippen LogP contribution in [0.3, 0.4) is 0 Å². The zero-order valence-electron chi connectivity index (χ0n) is 11.0. The van der Waals surface area contributed by atoms with Crippen LogP contribution in [0, 0.1) is 0 Å². The highest BCUT2D eigenvalue weighted by Gasteiger charge is 2.20. The van der Waals surface area contributed by atoms with Gasteiger partial charge in [-0.05, 0) is 47.8 Å². The van der Waals surface area contributed by atoms with E-state index in [1.165, 1.54) is 3.97 Å². The average molecular weight is 343 g/mol. The third kappa shape index (κ3) is 2.34. The van der Waals surface area contributed by atoms with Crippen LogP contribution < -0.4 is 0 Å². The lowest BCUT2D eigenvalue weighted by molar-refractivity contribution is 0.595. The summed E-state index contributed by atoms with van der Waals surface area (Å²) < 4.78 is 27.0. The molecule has 0 saturated carbocycles. The molecular weight excluding hydrogens is 328 g/mol.